The van der Waals surface area contributed by atoms with E-state index in [4.69, 9.17) is 4.74 Å². The van der Waals surface area contributed by atoms with Crippen molar-refractivity contribution in [2.45, 2.75) is 29.7 Å². The van der Waals surface area contributed by atoms with Crippen LogP contribution in [-0.4, -0.2) is 34.6 Å². The van der Waals surface area contributed by atoms with Gasteiger partial charge in [0.15, 0.2) is 0 Å². The zero-order valence-corrected chi connectivity index (χ0v) is 23.6. The van der Waals surface area contributed by atoms with Gasteiger partial charge in [0.1, 0.15) is 23.4 Å². The van der Waals surface area contributed by atoms with Crippen LogP contribution in [0.3, 0.4) is 0 Å². The fourth-order valence-corrected chi connectivity index (χ4v) is 8.10. The van der Waals surface area contributed by atoms with Crippen molar-refractivity contribution in [3.63, 3.8) is 0 Å². The Morgan fingerprint density at radius 1 is 0.976 bits per heavy atom. The summed E-state index contributed by atoms with van der Waals surface area (Å²) < 4.78 is 20.3. The van der Waals surface area contributed by atoms with E-state index < -0.39 is 28.8 Å². The van der Waals surface area contributed by atoms with Gasteiger partial charge in [-0.3, -0.25) is 23.7 Å². The van der Waals surface area contributed by atoms with Crippen LogP contribution in [-0.2, 0) is 20.9 Å². The van der Waals surface area contributed by atoms with Gasteiger partial charge in [0.05, 0.1) is 23.7 Å². The number of rotatable bonds is 6. The van der Waals surface area contributed by atoms with E-state index in [1.54, 1.807) is 18.2 Å². The van der Waals surface area contributed by atoms with Gasteiger partial charge < -0.3 is 10.1 Å². The van der Waals surface area contributed by atoms with Crippen molar-refractivity contribution < 1.29 is 23.5 Å². The summed E-state index contributed by atoms with van der Waals surface area (Å²) in [5, 5.41) is 2.34. The number of nitrogens with zero attached hydrogens (tertiary/aromatic N) is 2. The molecule has 3 amide bonds. The summed E-state index contributed by atoms with van der Waals surface area (Å²) in [6.07, 6.45) is 0. The number of aromatic nitrogens is 1. The highest BCUT2D eigenvalue weighted by Crippen LogP contribution is 2.55. The molecule has 2 aliphatic rings. The number of imide groups is 1. The van der Waals surface area contributed by atoms with Gasteiger partial charge in [-0.2, -0.15) is 0 Å². The third kappa shape index (κ3) is 4.74. The van der Waals surface area contributed by atoms with Crippen LogP contribution >= 0.6 is 23.1 Å². The minimum Gasteiger partial charge on any atom is -0.496 e. The molecule has 0 saturated carbocycles. The van der Waals surface area contributed by atoms with E-state index in [9.17, 15) is 23.6 Å². The van der Waals surface area contributed by atoms with Gasteiger partial charge in [-0.15, -0.1) is 0 Å². The van der Waals surface area contributed by atoms with Crippen molar-refractivity contribution in [1.82, 2.24) is 4.57 Å². The molecule has 11 heteroatoms. The lowest BCUT2D eigenvalue weighted by Gasteiger charge is -2.31. The van der Waals surface area contributed by atoms with E-state index in [0.717, 1.165) is 28.7 Å². The quantitative estimate of drug-likeness (QED) is 0.325. The van der Waals surface area contributed by atoms with Crippen molar-refractivity contribution in [3.05, 3.63) is 104 Å². The SMILES string of the molecule is COc1ccccc1[C@H]1c2sc(=O)n(CC(=O)Nc3ccc(F)cc3)c2SC2C(=O)N(c3ccc(C)cc3)C(=O)C21. The molecule has 41 heavy (non-hydrogen) atoms. The number of halogens is 1. The Morgan fingerprint density at radius 2 is 1.68 bits per heavy atom. The van der Waals surface area contributed by atoms with Crippen molar-refractivity contribution in [1.29, 1.82) is 0 Å². The molecular weight excluding hydrogens is 565 g/mol. The number of benzene rings is 3. The molecule has 1 fully saturated rings. The predicted octanol–water partition coefficient (Wildman–Crippen LogP) is 4.80. The van der Waals surface area contributed by atoms with Gasteiger partial charge in [0, 0.05) is 22.0 Å². The summed E-state index contributed by atoms with van der Waals surface area (Å²) in [7, 11) is 1.53. The predicted molar refractivity (Wildman–Crippen MR) is 155 cm³/mol. The summed E-state index contributed by atoms with van der Waals surface area (Å²) in [4.78, 5) is 55.5. The molecule has 1 aromatic heterocycles. The van der Waals surface area contributed by atoms with E-state index in [2.05, 4.69) is 5.32 Å². The van der Waals surface area contributed by atoms with Crippen LogP contribution in [0, 0.1) is 18.7 Å². The van der Waals surface area contributed by atoms with Gasteiger partial charge in [-0.25, -0.2) is 9.29 Å². The Hall–Kier alpha value is -4.22. The minimum absolute atomic E-state index is 0.311. The molecule has 1 N–H and O–H groups in total. The monoisotopic (exact) mass is 589 g/mol. The van der Waals surface area contributed by atoms with Gasteiger partial charge >= 0.3 is 4.87 Å². The summed E-state index contributed by atoms with van der Waals surface area (Å²) in [6, 6.07) is 19.7. The first-order valence-electron chi connectivity index (χ1n) is 12.8. The van der Waals surface area contributed by atoms with Gasteiger partial charge in [-0.1, -0.05) is 59.0 Å². The van der Waals surface area contributed by atoms with Crippen molar-refractivity contribution in [2.24, 2.45) is 5.92 Å². The lowest BCUT2D eigenvalue weighted by Crippen LogP contribution is -2.33. The first kappa shape index (κ1) is 27.0. The Kier molecular flexibility index (Phi) is 7.00. The molecule has 6 rings (SSSR count). The fourth-order valence-electron chi connectivity index (χ4n) is 5.34. The number of thioether (sulfide) groups is 1. The number of nitrogens with one attached hydrogen (secondary N) is 1. The molecule has 2 aliphatic heterocycles. The Bertz CT molecular complexity index is 1730. The number of para-hydroxylation sites is 1. The van der Waals surface area contributed by atoms with E-state index in [0.29, 0.717) is 32.6 Å². The number of methoxy groups -OCH3 is 1. The molecule has 208 valence electrons. The molecule has 0 radical (unpaired) electrons. The summed E-state index contributed by atoms with van der Waals surface area (Å²) in [6.45, 7) is 1.61. The smallest absolute Gasteiger partial charge is 0.308 e. The molecule has 8 nitrogen and oxygen atoms in total. The van der Waals surface area contributed by atoms with Crippen LogP contribution in [0.5, 0.6) is 5.75 Å². The number of ether oxygens (including phenoxy) is 1. The molecular formula is C30H24FN3O5S2. The number of hydrogen-bond donors (Lipinski definition) is 1. The molecule has 3 aromatic carbocycles. The fraction of sp³-hybridized carbons (Fsp3) is 0.200. The topological polar surface area (TPSA) is 97.7 Å². The second-order valence-electron chi connectivity index (χ2n) is 9.81. The van der Waals surface area contributed by atoms with Gasteiger partial charge in [0.2, 0.25) is 17.7 Å². The Labute approximate surface area is 242 Å². The molecule has 0 aliphatic carbocycles. The highest BCUT2D eigenvalue weighted by molar-refractivity contribution is 8.00. The number of thiazole rings is 1. The van der Waals surface area contributed by atoms with E-state index in [1.165, 1.54) is 40.8 Å². The van der Waals surface area contributed by atoms with Gasteiger partial charge in [0.25, 0.3) is 0 Å². The molecule has 2 unspecified atom stereocenters. The first-order valence-corrected chi connectivity index (χ1v) is 14.5. The van der Waals surface area contributed by atoms with Crippen LogP contribution in [0.4, 0.5) is 15.8 Å². The number of carbonyl (C=O) groups excluding carboxylic acids is 3. The third-order valence-electron chi connectivity index (χ3n) is 7.25. The van der Waals surface area contributed by atoms with Crippen LogP contribution in [0.25, 0.3) is 0 Å². The molecule has 4 aromatic rings. The number of carbonyl (C=O) groups is 3. The van der Waals surface area contributed by atoms with E-state index in [-0.39, 0.29) is 23.2 Å². The maximum Gasteiger partial charge on any atom is 0.308 e. The first-order chi connectivity index (χ1) is 19.8. The average Bonchev–Trinajstić information content (AvgIpc) is 3.41. The number of anilines is 2. The van der Waals surface area contributed by atoms with Crippen molar-refractivity contribution in [3.8, 4) is 5.75 Å². The van der Waals surface area contributed by atoms with Gasteiger partial charge in [-0.05, 0) is 49.4 Å². The average molecular weight is 590 g/mol. The lowest BCUT2D eigenvalue weighted by molar-refractivity contribution is -0.122. The van der Waals surface area contributed by atoms with Crippen LogP contribution in [0.2, 0.25) is 0 Å². The largest absolute Gasteiger partial charge is 0.496 e. The molecule has 0 spiro atoms. The summed E-state index contributed by atoms with van der Waals surface area (Å²) in [5.74, 6) is -2.53. The highest BCUT2D eigenvalue weighted by atomic mass is 32.2. The standard InChI is InChI=1S/C30H24FN3O5S2/c1-16-7-13-19(14-8-16)34-27(36)24-23(20-5-3-4-6-21(20)39-2)26-29(40-25(24)28(34)37)33(30(38)41-26)15-22(35)32-18-11-9-17(31)10-12-18/h3-14,23-25H,15H2,1-2H3,(H,32,35)/t23-,24?,25?/m1/s1. The molecule has 0 bridgehead atoms. The van der Waals surface area contributed by atoms with Crippen LogP contribution < -0.4 is 19.8 Å². The molecule has 1 saturated heterocycles. The second-order valence-corrected chi connectivity index (χ2v) is 11.9. The maximum atomic E-state index is 14.0. The maximum absolute atomic E-state index is 14.0. The number of amides is 3. The normalized spacial score (nSPS) is 19.6. The Balaban J connectivity index is 1.43. The Morgan fingerprint density at radius 3 is 2.39 bits per heavy atom. The molecule has 3 heterocycles. The summed E-state index contributed by atoms with van der Waals surface area (Å²) >= 11 is 2.10. The zero-order valence-electron chi connectivity index (χ0n) is 22.0. The van der Waals surface area contributed by atoms with Crippen LogP contribution in [0.1, 0.15) is 21.9 Å². The van der Waals surface area contributed by atoms with Crippen LogP contribution in [0.15, 0.2) is 82.6 Å². The van der Waals surface area contributed by atoms with Crippen molar-refractivity contribution >= 4 is 52.2 Å². The highest BCUT2D eigenvalue weighted by Gasteiger charge is 2.57. The number of aryl methyl sites for hydroxylation is 1. The number of fused-ring (bicyclic) bond motifs is 2. The minimum atomic E-state index is -0.813. The second kappa shape index (κ2) is 10.6. The van der Waals surface area contributed by atoms with E-state index in [1.807, 2.05) is 37.3 Å². The third-order valence-corrected chi connectivity index (χ3v) is 9.85. The zero-order chi connectivity index (χ0) is 28.8. The lowest BCUT2D eigenvalue weighted by atomic mass is 9.82. The molecule has 3 atom stereocenters. The summed E-state index contributed by atoms with van der Waals surface area (Å²) in [5.41, 5.74) is 2.55. The number of hydrogen-bond acceptors (Lipinski definition) is 7. The van der Waals surface area contributed by atoms with E-state index >= 15 is 0 Å². The van der Waals surface area contributed by atoms with Crippen molar-refractivity contribution in [2.75, 3.05) is 17.3 Å².